The van der Waals surface area contributed by atoms with Gasteiger partial charge in [0.1, 0.15) is 29.0 Å². The number of halogens is 3. The number of hydrogen-bond donors (Lipinski definition) is 1. The summed E-state index contributed by atoms with van der Waals surface area (Å²) in [6, 6.07) is 12.3. The van der Waals surface area contributed by atoms with Gasteiger partial charge < -0.3 is 15.0 Å². The number of benzene rings is 2. The van der Waals surface area contributed by atoms with Crippen molar-refractivity contribution in [2.45, 2.75) is 33.5 Å². The zero-order valence-corrected chi connectivity index (χ0v) is 17.0. The first-order valence-electron chi connectivity index (χ1n) is 9.21. The number of nitrogens with zero attached hydrogens (tertiary/aromatic N) is 1. The summed E-state index contributed by atoms with van der Waals surface area (Å²) in [7, 11) is 0. The van der Waals surface area contributed by atoms with Gasteiger partial charge in [0.2, 0.25) is 0 Å². The van der Waals surface area contributed by atoms with Crippen molar-refractivity contribution in [1.82, 2.24) is 4.57 Å². The van der Waals surface area contributed by atoms with Gasteiger partial charge in [-0.25, -0.2) is 8.78 Å². The Morgan fingerprint density at radius 1 is 1.03 bits per heavy atom. The first-order valence-corrected chi connectivity index (χ1v) is 9.59. The lowest BCUT2D eigenvalue weighted by molar-refractivity contribution is 0.298. The van der Waals surface area contributed by atoms with E-state index in [-0.39, 0.29) is 22.9 Å². The van der Waals surface area contributed by atoms with Crippen LogP contribution >= 0.6 is 11.6 Å². The van der Waals surface area contributed by atoms with E-state index < -0.39 is 17.2 Å². The van der Waals surface area contributed by atoms with Crippen molar-refractivity contribution in [3.63, 3.8) is 0 Å². The van der Waals surface area contributed by atoms with Gasteiger partial charge in [0.25, 0.3) is 5.56 Å². The third-order valence-electron chi connectivity index (χ3n) is 4.08. The molecule has 0 spiro atoms. The molecule has 1 aromatic heterocycles. The Morgan fingerprint density at radius 2 is 1.69 bits per heavy atom. The molecule has 154 valence electrons. The molecule has 4 nitrogen and oxygen atoms in total. The van der Waals surface area contributed by atoms with Crippen molar-refractivity contribution in [2.24, 2.45) is 5.73 Å². The summed E-state index contributed by atoms with van der Waals surface area (Å²) in [6.45, 7) is 4.62. The Labute approximate surface area is 173 Å². The molecule has 0 bridgehead atoms. The molecule has 0 saturated heterocycles. The smallest absolute Gasteiger partial charge is 0.273 e. The van der Waals surface area contributed by atoms with Crippen LogP contribution in [0.1, 0.15) is 30.5 Å². The third kappa shape index (κ3) is 5.89. The number of nitrogens with two attached hydrogens (primary N) is 1. The van der Waals surface area contributed by atoms with Crippen LogP contribution in [-0.2, 0) is 19.7 Å². The van der Waals surface area contributed by atoms with Crippen LogP contribution < -0.4 is 16.0 Å². The standard InChI is InChI=1S/C20H17ClF2N2O2.C2H6/c21-19-18(27-12-15-5-6-16(22)9-17(15)23)7-8-25(20(19)26)11-14-3-1-13(10-24)2-4-14;1-2/h1-9H,10-12,24H2;1-2H3. The predicted molar refractivity (Wildman–Crippen MR) is 111 cm³/mol. The first kappa shape index (κ1) is 22.6. The minimum absolute atomic E-state index is 0.0985. The molecule has 0 aliphatic rings. The van der Waals surface area contributed by atoms with Crippen molar-refractivity contribution in [1.29, 1.82) is 0 Å². The molecular formula is C22H23ClF2N2O2. The van der Waals surface area contributed by atoms with E-state index in [4.69, 9.17) is 22.1 Å². The maximum Gasteiger partial charge on any atom is 0.273 e. The highest BCUT2D eigenvalue weighted by Crippen LogP contribution is 2.22. The molecule has 0 aliphatic carbocycles. The van der Waals surface area contributed by atoms with E-state index in [0.717, 1.165) is 23.3 Å². The van der Waals surface area contributed by atoms with E-state index >= 15 is 0 Å². The van der Waals surface area contributed by atoms with Gasteiger partial charge in [-0.05, 0) is 29.3 Å². The Hall–Kier alpha value is -2.70. The molecule has 29 heavy (non-hydrogen) atoms. The second kappa shape index (κ2) is 10.7. The Balaban J connectivity index is 0.00000145. The molecule has 0 amide bonds. The van der Waals surface area contributed by atoms with Gasteiger partial charge in [-0.1, -0.05) is 49.7 Å². The topological polar surface area (TPSA) is 57.2 Å². The molecule has 0 fully saturated rings. The average Bonchev–Trinajstić information content (AvgIpc) is 2.74. The predicted octanol–water partition coefficient (Wildman–Crippen LogP) is 4.89. The molecular weight excluding hydrogens is 398 g/mol. The summed E-state index contributed by atoms with van der Waals surface area (Å²) in [6.07, 6.45) is 1.56. The monoisotopic (exact) mass is 420 g/mol. The second-order valence-electron chi connectivity index (χ2n) is 5.97. The fourth-order valence-electron chi connectivity index (χ4n) is 2.54. The van der Waals surface area contributed by atoms with Crippen LogP contribution in [0.2, 0.25) is 5.02 Å². The number of pyridine rings is 1. The minimum atomic E-state index is -0.722. The maximum absolute atomic E-state index is 13.7. The van der Waals surface area contributed by atoms with Crippen molar-refractivity contribution >= 4 is 11.6 Å². The lowest BCUT2D eigenvalue weighted by Crippen LogP contribution is -2.21. The van der Waals surface area contributed by atoms with E-state index in [0.29, 0.717) is 13.1 Å². The van der Waals surface area contributed by atoms with Gasteiger partial charge in [0.15, 0.2) is 0 Å². The lowest BCUT2D eigenvalue weighted by atomic mass is 10.1. The van der Waals surface area contributed by atoms with E-state index in [1.54, 1.807) is 12.3 Å². The number of rotatable bonds is 6. The number of aromatic nitrogens is 1. The number of hydrogen-bond acceptors (Lipinski definition) is 3. The van der Waals surface area contributed by atoms with Crippen LogP contribution in [0.25, 0.3) is 0 Å². The molecule has 7 heteroatoms. The average molecular weight is 421 g/mol. The van der Waals surface area contributed by atoms with Crippen LogP contribution in [0, 0.1) is 11.6 Å². The van der Waals surface area contributed by atoms with Gasteiger partial charge in [-0.15, -0.1) is 0 Å². The minimum Gasteiger partial charge on any atom is -0.487 e. The fraction of sp³-hybridized carbons (Fsp3) is 0.227. The molecule has 0 aliphatic heterocycles. The SMILES string of the molecule is CC.NCc1ccc(Cn2ccc(OCc3ccc(F)cc3F)c(Cl)c2=O)cc1. The van der Waals surface area contributed by atoms with Gasteiger partial charge in [0, 0.05) is 24.4 Å². The van der Waals surface area contributed by atoms with Crippen molar-refractivity contribution < 1.29 is 13.5 Å². The van der Waals surface area contributed by atoms with Crippen molar-refractivity contribution in [3.05, 3.63) is 98.4 Å². The lowest BCUT2D eigenvalue weighted by Gasteiger charge is -2.12. The van der Waals surface area contributed by atoms with Crippen LogP contribution in [-0.4, -0.2) is 4.57 Å². The van der Waals surface area contributed by atoms with E-state index in [9.17, 15) is 13.6 Å². The van der Waals surface area contributed by atoms with Crippen molar-refractivity contribution in [2.75, 3.05) is 0 Å². The number of ether oxygens (including phenoxy) is 1. The molecule has 2 N–H and O–H groups in total. The summed E-state index contributed by atoms with van der Waals surface area (Å²) in [5, 5.41) is -0.0985. The Kier molecular flexibility index (Phi) is 8.36. The summed E-state index contributed by atoms with van der Waals surface area (Å²) < 4.78 is 33.5. The molecule has 3 rings (SSSR count). The highest BCUT2D eigenvalue weighted by atomic mass is 35.5. The van der Waals surface area contributed by atoms with Crippen molar-refractivity contribution in [3.8, 4) is 5.75 Å². The van der Waals surface area contributed by atoms with E-state index in [1.165, 1.54) is 10.6 Å². The summed E-state index contributed by atoms with van der Waals surface area (Å²) in [5.74, 6) is -1.25. The van der Waals surface area contributed by atoms with Gasteiger partial charge in [-0.2, -0.15) is 0 Å². The van der Waals surface area contributed by atoms with Crippen LogP contribution in [0.15, 0.2) is 59.5 Å². The molecule has 0 saturated carbocycles. The Morgan fingerprint density at radius 3 is 2.31 bits per heavy atom. The van der Waals surface area contributed by atoms with Crippen LogP contribution in [0.3, 0.4) is 0 Å². The fourth-order valence-corrected chi connectivity index (χ4v) is 2.76. The highest BCUT2D eigenvalue weighted by Gasteiger charge is 2.11. The summed E-state index contributed by atoms with van der Waals surface area (Å²) >= 11 is 6.11. The summed E-state index contributed by atoms with van der Waals surface area (Å²) in [4.78, 5) is 12.4. The van der Waals surface area contributed by atoms with E-state index in [1.807, 2.05) is 38.1 Å². The quantitative estimate of drug-likeness (QED) is 0.617. The maximum atomic E-state index is 13.7. The molecule has 3 aromatic rings. The first-order chi connectivity index (χ1) is 14.0. The third-order valence-corrected chi connectivity index (χ3v) is 4.43. The zero-order chi connectivity index (χ0) is 21.4. The normalized spacial score (nSPS) is 10.3. The largest absolute Gasteiger partial charge is 0.487 e. The summed E-state index contributed by atoms with van der Waals surface area (Å²) in [5.41, 5.74) is 7.24. The van der Waals surface area contributed by atoms with Crippen LogP contribution in [0.5, 0.6) is 5.75 Å². The van der Waals surface area contributed by atoms with Crippen LogP contribution in [0.4, 0.5) is 8.78 Å². The highest BCUT2D eigenvalue weighted by molar-refractivity contribution is 6.31. The molecule has 0 radical (unpaired) electrons. The molecule has 1 heterocycles. The second-order valence-corrected chi connectivity index (χ2v) is 6.35. The van der Waals surface area contributed by atoms with E-state index in [2.05, 4.69) is 0 Å². The molecule has 2 aromatic carbocycles. The van der Waals surface area contributed by atoms with Gasteiger partial charge in [0.05, 0.1) is 6.54 Å². The van der Waals surface area contributed by atoms with Gasteiger partial charge >= 0.3 is 0 Å². The van der Waals surface area contributed by atoms with Gasteiger partial charge in [-0.3, -0.25) is 4.79 Å². The molecule has 0 unspecified atom stereocenters. The Bertz CT molecular complexity index is 1000. The molecule has 0 atom stereocenters. The zero-order valence-electron chi connectivity index (χ0n) is 16.3.